The average Bonchev–Trinajstić information content (AvgIpc) is 2.90. The maximum atomic E-state index is 4.69. The van der Waals surface area contributed by atoms with Crippen molar-refractivity contribution in [2.75, 3.05) is 37.0 Å². The second-order valence-electron chi connectivity index (χ2n) is 5.09. The first-order valence-electron chi connectivity index (χ1n) is 6.91. The lowest BCUT2D eigenvalue weighted by atomic mass is 10.1. The summed E-state index contributed by atoms with van der Waals surface area (Å²) in [5.41, 5.74) is 3.79. The Morgan fingerprint density at radius 3 is 2.85 bits per heavy atom. The number of hydrogen-bond acceptors (Lipinski definition) is 5. The van der Waals surface area contributed by atoms with Gasteiger partial charge in [0.25, 0.3) is 0 Å². The van der Waals surface area contributed by atoms with Gasteiger partial charge in [-0.05, 0) is 19.2 Å². The van der Waals surface area contributed by atoms with Crippen LogP contribution in [0.2, 0.25) is 0 Å². The summed E-state index contributed by atoms with van der Waals surface area (Å²) in [6.07, 6.45) is 0. The predicted octanol–water partition coefficient (Wildman–Crippen LogP) is 2.32. The molecule has 0 saturated carbocycles. The summed E-state index contributed by atoms with van der Waals surface area (Å²) in [6.45, 7) is 3.85. The van der Waals surface area contributed by atoms with Gasteiger partial charge in [0.15, 0.2) is 0 Å². The van der Waals surface area contributed by atoms with Crippen molar-refractivity contribution in [1.29, 1.82) is 0 Å². The Bertz CT molecular complexity index is 581. The monoisotopic (exact) mass is 288 g/mol. The van der Waals surface area contributed by atoms with Crippen LogP contribution in [0.5, 0.6) is 0 Å². The third-order valence-electron chi connectivity index (χ3n) is 3.62. The number of nitrogens with zero attached hydrogens (tertiary/aromatic N) is 3. The highest BCUT2D eigenvalue weighted by molar-refractivity contribution is 7.09. The van der Waals surface area contributed by atoms with Gasteiger partial charge >= 0.3 is 0 Å². The number of thiazole rings is 1. The molecule has 5 heteroatoms. The Balaban J connectivity index is 1.79. The van der Waals surface area contributed by atoms with Gasteiger partial charge < -0.3 is 15.1 Å². The van der Waals surface area contributed by atoms with E-state index in [0.717, 1.165) is 31.2 Å². The zero-order valence-electron chi connectivity index (χ0n) is 12.0. The zero-order valence-corrected chi connectivity index (χ0v) is 12.8. The molecule has 2 aromatic rings. The third kappa shape index (κ3) is 2.64. The first-order chi connectivity index (χ1) is 9.78. The van der Waals surface area contributed by atoms with E-state index in [4.69, 9.17) is 0 Å². The smallest absolute Gasteiger partial charge is 0.107 e. The number of rotatable bonds is 4. The molecule has 3 rings (SSSR count). The number of nitrogens with one attached hydrogen (secondary N) is 1. The SMILES string of the molecule is CNCc1nc(CN2CCN(C)c3ccccc32)cs1. The van der Waals surface area contributed by atoms with E-state index in [9.17, 15) is 0 Å². The molecule has 1 aromatic heterocycles. The highest BCUT2D eigenvalue weighted by Gasteiger charge is 2.20. The molecule has 1 aliphatic heterocycles. The maximum Gasteiger partial charge on any atom is 0.107 e. The summed E-state index contributed by atoms with van der Waals surface area (Å²) in [5, 5.41) is 6.48. The molecule has 1 aromatic carbocycles. The lowest BCUT2D eigenvalue weighted by molar-refractivity contribution is 0.722. The van der Waals surface area contributed by atoms with Gasteiger partial charge in [0.1, 0.15) is 5.01 Å². The molecule has 0 amide bonds. The van der Waals surface area contributed by atoms with Crippen LogP contribution in [0.1, 0.15) is 10.7 Å². The number of hydrogen-bond donors (Lipinski definition) is 1. The molecule has 0 saturated heterocycles. The number of aromatic nitrogens is 1. The second kappa shape index (κ2) is 5.81. The molecule has 106 valence electrons. The zero-order chi connectivity index (χ0) is 13.9. The number of benzene rings is 1. The van der Waals surface area contributed by atoms with Crippen molar-refractivity contribution in [2.45, 2.75) is 13.1 Å². The fourth-order valence-electron chi connectivity index (χ4n) is 2.58. The molecule has 2 heterocycles. The summed E-state index contributed by atoms with van der Waals surface area (Å²) in [5.74, 6) is 0. The van der Waals surface area contributed by atoms with Crippen molar-refractivity contribution in [3.63, 3.8) is 0 Å². The average molecular weight is 288 g/mol. The van der Waals surface area contributed by atoms with E-state index in [1.165, 1.54) is 17.1 Å². The molecule has 1 N–H and O–H groups in total. The Labute approximate surface area is 124 Å². The van der Waals surface area contributed by atoms with Crippen LogP contribution in [0.3, 0.4) is 0 Å². The molecule has 0 aliphatic carbocycles. The van der Waals surface area contributed by atoms with Crippen molar-refractivity contribution in [2.24, 2.45) is 0 Å². The van der Waals surface area contributed by atoms with E-state index >= 15 is 0 Å². The molecule has 1 aliphatic rings. The van der Waals surface area contributed by atoms with Crippen LogP contribution in [0.25, 0.3) is 0 Å². The van der Waals surface area contributed by atoms with Gasteiger partial charge in [-0.2, -0.15) is 0 Å². The van der Waals surface area contributed by atoms with Crippen LogP contribution >= 0.6 is 11.3 Å². The van der Waals surface area contributed by atoms with Gasteiger partial charge in [0, 0.05) is 32.1 Å². The summed E-state index contributed by atoms with van der Waals surface area (Å²) < 4.78 is 0. The highest BCUT2D eigenvalue weighted by Crippen LogP contribution is 2.32. The van der Waals surface area contributed by atoms with Crippen LogP contribution in [-0.2, 0) is 13.1 Å². The minimum atomic E-state index is 0.851. The van der Waals surface area contributed by atoms with Crippen molar-refractivity contribution < 1.29 is 0 Å². The van der Waals surface area contributed by atoms with Crippen molar-refractivity contribution in [1.82, 2.24) is 10.3 Å². The van der Waals surface area contributed by atoms with Gasteiger partial charge in [0.2, 0.25) is 0 Å². The first kappa shape index (κ1) is 13.4. The summed E-state index contributed by atoms with van der Waals surface area (Å²) in [6, 6.07) is 8.60. The van der Waals surface area contributed by atoms with Crippen LogP contribution in [0.4, 0.5) is 11.4 Å². The number of para-hydroxylation sites is 2. The minimum Gasteiger partial charge on any atom is -0.371 e. The molecular weight excluding hydrogens is 268 g/mol. The highest BCUT2D eigenvalue weighted by atomic mass is 32.1. The first-order valence-corrected chi connectivity index (χ1v) is 7.79. The summed E-state index contributed by atoms with van der Waals surface area (Å²) >= 11 is 1.73. The number of likely N-dealkylation sites (N-methyl/N-ethyl adjacent to an activating group) is 1. The lowest BCUT2D eigenvalue weighted by Gasteiger charge is -2.36. The summed E-state index contributed by atoms with van der Waals surface area (Å²) in [7, 11) is 4.11. The molecule has 0 fully saturated rings. The third-order valence-corrected chi connectivity index (χ3v) is 4.52. The lowest BCUT2D eigenvalue weighted by Crippen LogP contribution is -2.38. The number of anilines is 2. The van der Waals surface area contributed by atoms with Gasteiger partial charge in [-0.3, -0.25) is 0 Å². The van der Waals surface area contributed by atoms with E-state index in [-0.39, 0.29) is 0 Å². The Morgan fingerprint density at radius 2 is 2.05 bits per heavy atom. The molecule has 0 radical (unpaired) electrons. The quantitative estimate of drug-likeness (QED) is 0.935. The number of fused-ring (bicyclic) bond motifs is 1. The van der Waals surface area contributed by atoms with E-state index in [1.807, 2.05) is 7.05 Å². The Hall–Kier alpha value is -1.59. The van der Waals surface area contributed by atoms with Gasteiger partial charge in [-0.15, -0.1) is 11.3 Å². The predicted molar refractivity (Wildman–Crippen MR) is 85.6 cm³/mol. The standard InChI is InChI=1S/C15H20N4S/c1-16-9-15-17-12(11-20-15)10-19-8-7-18(2)13-5-3-4-6-14(13)19/h3-6,11,16H,7-10H2,1-2H3. The van der Waals surface area contributed by atoms with E-state index in [2.05, 4.69) is 56.8 Å². The van der Waals surface area contributed by atoms with Crippen molar-refractivity contribution >= 4 is 22.7 Å². The normalized spacial score (nSPS) is 14.5. The van der Waals surface area contributed by atoms with Crippen LogP contribution in [0.15, 0.2) is 29.6 Å². The molecule has 0 bridgehead atoms. The van der Waals surface area contributed by atoms with E-state index in [0.29, 0.717) is 0 Å². The Kier molecular flexibility index (Phi) is 3.89. The molecule has 20 heavy (non-hydrogen) atoms. The molecular formula is C15H20N4S. The van der Waals surface area contributed by atoms with Gasteiger partial charge in [-0.1, -0.05) is 12.1 Å². The second-order valence-corrected chi connectivity index (χ2v) is 6.04. The van der Waals surface area contributed by atoms with Gasteiger partial charge in [0.05, 0.1) is 23.6 Å². The van der Waals surface area contributed by atoms with Crippen molar-refractivity contribution in [3.8, 4) is 0 Å². The van der Waals surface area contributed by atoms with E-state index in [1.54, 1.807) is 11.3 Å². The molecule has 0 unspecified atom stereocenters. The van der Waals surface area contributed by atoms with E-state index < -0.39 is 0 Å². The minimum absolute atomic E-state index is 0.851. The Morgan fingerprint density at radius 1 is 1.25 bits per heavy atom. The molecule has 4 nitrogen and oxygen atoms in total. The molecule has 0 atom stereocenters. The maximum absolute atomic E-state index is 4.69. The fraction of sp³-hybridized carbons (Fsp3) is 0.400. The fourth-order valence-corrected chi connectivity index (χ4v) is 3.38. The summed E-state index contributed by atoms with van der Waals surface area (Å²) in [4.78, 5) is 9.43. The largest absolute Gasteiger partial charge is 0.371 e. The van der Waals surface area contributed by atoms with Gasteiger partial charge in [-0.25, -0.2) is 4.98 Å². The van der Waals surface area contributed by atoms with Crippen LogP contribution in [-0.4, -0.2) is 32.2 Å². The van der Waals surface area contributed by atoms with Crippen molar-refractivity contribution in [3.05, 3.63) is 40.3 Å². The van der Waals surface area contributed by atoms with Crippen LogP contribution in [0, 0.1) is 0 Å². The molecule has 0 spiro atoms. The topological polar surface area (TPSA) is 31.4 Å². The van der Waals surface area contributed by atoms with Crippen LogP contribution < -0.4 is 15.1 Å².